The smallest absolute Gasteiger partial charge is 0.0168 e. The molecule has 2 atom stereocenters. The molecule has 1 saturated carbocycles. The van der Waals surface area contributed by atoms with Crippen LogP contribution in [0, 0.1) is 0 Å². The predicted octanol–water partition coefficient (Wildman–Crippen LogP) is 3.12. The van der Waals surface area contributed by atoms with Crippen LogP contribution in [0.4, 0.5) is 0 Å². The maximum absolute atomic E-state index is 3.72. The van der Waals surface area contributed by atoms with Gasteiger partial charge in [-0.05, 0) is 45.8 Å². The van der Waals surface area contributed by atoms with E-state index in [0.717, 1.165) is 17.3 Å². The molecule has 2 fully saturated rings. The van der Waals surface area contributed by atoms with E-state index in [1.165, 1.54) is 63.8 Å². The van der Waals surface area contributed by atoms with Gasteiger partial charge in [0, 0.05) is 23.1 Å². The Labute approximate surface area is 117 Å². The molecule has 1 N–H and O–H groups in total. The Bertz CT molecular complexity index is 229. The molecule has 0 aromatic carbocycles. The molecule has 0 spiro atoms. The van der Waals surface area contributed by atoms with Gasteiger partial charge < -0.3 is 10.2 Å². The van der Waals surface area contributed by atoms with Gasteiger partial charge in [-0.3, -0.25) is 0 Å². The highest BCUT2D eigenvalue weighted by Gasteiger charge is 2.21. The van der Waals surface area contributed by atoms with Crippen molar-refractivity contribution >= 4 is 11.8 Å². The molecule has 2 unspecified atom stereocenters. The van der Waals surface area contributed by atoms with Crippen molar-refractivity contribution in [2.24, 2.45) is 0 Å². The minimum atomic E-state index is 0.782. The summed E-state index contributed by atoms with van der Waals surface area (Å²) in [5.74, 6) is 1.32. The Morgan fingerprint density at radius 2 is 2.00 bits per heavy atom. The van der Waals surface area contributed by atoms with Gasteiger partial charge in [-0.15, -0.1) is 0 Å². The SMILES string of the molecule is CC1CC(NCCCN(C)C2CCCCC2)CS1. The first-order valence-electron chi connectivity index (χ1n) is 7.81. The van der Waals surface area contributed by atoms with E-state index in [1.54, 1.807) is 0 Å². The van der Waals surface area contributed by atoms with E-state index >= 15 is 0 Å². The first kappa shape index (κ1) is 14.7. The third-order valence-corrected chi connectivity index (χ3v) is 5.87. The maximum atomic E-state index is 3.72. The number of nitrogens with one attached hydrogen (secondary N) is 1. The van der Waals surface area contributed by atoms with Gasteiger partial charge in [-0.2, -0.15) is 11.8 Å². The fourth-order valence-corrected chi connectivity index (χ4v) is 4.48. The summed E-state index contributed by atoms with van der Waals surface area (Å²) in [5, 5.41) is 4.59. The Hall–Kier alpha value is 0.270. The minimum Gasteiger partial charge on any atom is -0.313 e. The van der Waals surface area contributed by atoms with Crippen LogP contribution in [0.5, 0.6) is 0 Å². The molecule has 18 heavy (non-hydrogen) atoms. The van der Waals surface area contributed by atoms with Crippen LogP contribution in [0.1, 0.15) is 51.9 Å². The van der Waals surface area contributed by atoms with Gasteiger partial charge >= 0.3 is 0 Å². The predicted molar refractivity (Wildman–Crippen MR) is 82.4 cm³/mol. The molecule has 2 aliphatic rings. The van der Waals surface area contributed by atoms with Gasteiger partial charge in [0.15, 0.2) is 0 Å². The monoisotopic (exact) mass is 270 g/mol. The Morgan fingerprint density at radius 3 is 2.67 bits per heavy atom. The van der Waals surface area contributed by atoms with E-state index in [1.807, 2.05) is 0 Å². The van der Waals surface area contributed by atoms with Crippen LogP contribution in [-0.4, -0.2) is 48.1 Å². The van der Waals surface area contributed by atoms with Gasteiger partial charge in [0.05, 0.1) is 0 Å². The molecule has 106 valence electrons. The van der Waals surface area contributed by atoms with Gasteiger partial charge in [0.2, 0.25) is 0 Å². The van der Waals surface area contributed by atoms with Crippen LogP contribution < -0.4 is 5.32 Å². The van der Waals surface area contributed by atoms with Gasteiger partial charge in [-0.25, -0.2) is 0 Å². The first-order valence-corrected chi connectivity index (χ1v) is 8.86. The van der Waals surface area contributed by atoms with Crippen molar-refractivity contribution < 1.29 is 0 Å². The van der Waals surface area contributed by atoms with E-state index in [4.69, 9.17) is 0 Å². The van der Waals surface area contributed by atoms with E-state index in [0.29, 0.717) is 0 Å². The molecule has 1 aliphatic carbocycles. The summed E-state index contributed by atoms with van der Waals surface area (Å²) in [6, 6.07) is 1.66. The number of hydrogen-bond donors (Lipinski definition) is 1. The third kappa shape index (κ3) is 4.75. The molecule has 1 saturated heterocycles. The third-order valence-electron chi connectivity index (χ3n) is 4.52. The number of rotatable bonds is 6. The van der Waals surface area contributed by atoms with Gasteiger partial charge in [0.1, 0.15) is 0 Å². The summed E-state index contributed by atoms with van der Waals surface area (Å²) in [6.45, 7) is 4.82. The largest absolute Gasteiger partial charge is 0.313 e. The normalized spacial score (nSPS) is 30.2. The minimum absolute atomic E-state index is 0.782. The quantitative estimate of drug-likeness (QED) is 0.747. The van der Waals surface area contributed by atoms with Gasteiger partial charge in [-0.1, -0.05) is 26.2 Å². The summed E-state index contributed by atoms with van der Waals surface area (Å²) < 4.78 is 0. The molecular formula is C15H30N2S. The highest BCUT2D eigenvalue weighted by Crippen LogP contribution is 2.25. The summed E-state index contributed by atoms with van der Waals surface area (Å²) in [5.41, 5.74) is 0. The summed E-state index contributed by atoms with van der Waals surface area (Å²) in [4.78, 5) is 2.60. The lowest BCUT2D eigenvalue weighted by atomic mass is 9.94. The second-order valence-electron chi connectivity index (χ2n) is 6.16. The second kappa shape index (κ2) is 7.76. The van der Waals surface area contributed by atoms with Gasteiger partial charge in [0.25, 0.3) is 0 Å². The van der Waals surface area contributed by atoms with Crippen molar-refractivity contribution in [3.63, 3.8) is 0 Å². The zero-order valence-corrected chi connectivity index (χ0v) is 13.0. The summed E-state index contributed by atoms with van der Waals surface area (Å²) in [7, 11) is 2.32. The zero-order chi connectivity index (χ0) is 12.8. The first-order chi connectivity index (χ1) is 8.75. The maximum Gasteiger partial charge on any atom is 0.0168 e. The lowest BCUT2D eigenvalue weighted by Gasteiger charge is -2.31. The molecule has 1 heterocycles. The molecule has 0 bridgehead atoms. The van der Waals surface area contributed by atoms with Crippen molar-refractivity contribution in [2.75, 3.05) is 25.9 Å². The van der Waals surface area contributed by atoms with E-state index in [-0.39, 0.29) is 0 Å². The average molecular weight is 270 g/mol. The van der Waals surface area contributed by atoms with Crippen LogP contribution in [0.2, 0.25) is 0 Å². The molecule has 1 aliphatic heterocycles. The standard InChI is InChI=1S/C15H30N2S/c1-13-11-14(12-18-13)16-9-6-10-17(2)15-7-4-3-5-8-15/h13-16H,3-12H2,1-2H3. The molecule has 3 heteroatoms. The van der Waals surface area contributed by atoms with E-state index in [9.17, 15) is 0 Å². The summed E-state index contributed by atoms with van der Waals surface area (Å²) in [6.07, 6.45) is 9.89. The topological polar surface area (TPSA) is 15.3 Å². The van der Waals surface area contributed by atoms with Crippen LogP contribution in [0.15, 0.2) is 0 Å². The second-order valence-corrected chi connectivity index (χ2v) is 7.63. The number of nitrogens with zero attached hydrogens (tertiary/aromatic N) is 1. The lowest BCUT2D eigenvalue weighted by Crippen LogP contribution is -2.36. The van der Waals surface area contributed by atoms with Crippen LogP contribution >= 0.6 is 11.8 Å². The Balaban J connectivity index is 1.52. The number of hydrogen-bond acceptors (Lipinski definition) is 3. The zero-order valence-electron chi connectivity index (χ0n) is 12.2. The highest BCUT2D eigenvalue weighted by atomic mass is 32.2. The Kier molecular flexibility index (Phi) is 6.33. The van der Waals surface area contributed by atoms with E-state index < -0.39 is 0 Å². The highest BCUT2D eigenvalue weighted by molar-refractivity contribution is 8.00. The fourth-order valence-electron chi connectivity index (χ4n) is 3.30. The van der Waals surface area contributed by atoms with Crippen molar-refractivity contribution in [2.45, 2.75) is 69.2 Å². The average Bonchev–Trinajstić information content (AvgIpc) is 2.81. The van der Waals surface area contributed by atoms with Crippen LogP contribution in [0.3, 0.4) is 0 Å². The number of thioether (sulfide) groups is 1. The van der Waals surface area contributed by atoms with E-state index in [2.05, 4.69) is 35.9 Å². The molecule has 0 aromatic rings. The molecule has 0 aromatic heterocycles. The van der Waals surface area contributed by atoms with Crippen molar-refractivity contribution in [3.05, 3.63) is 0 Å². The summed E-state index contributed by atoms with van der Waals surface area (Å²) >= 11 is 2.12. The van der Waals surface area contributed by atoms with Crippen LogP contribution in [0.25, 0.3) is 0 Å². The molecule has 0 radical (unpaired) electrons. The molecule has 2 rings (SSSR count). The Morgan fingerprint density at radius 1 is 1.22 bits per heavy atom. The fraction of sp³-hybridized carbons (Fsp3) is 1.00. The van der Waals surface area contributed by atoms with Crippen molar-refractivity contribution in [3.8, 4) is 0 Å². The molecule has 2 nitrogen and oxygen atoms in total. The van der Waals surface area contributed by atoms with Crippen LogP contribution in [-0.2, 0) is 0 Å². The molecule has 0 amide bonds. The lowest BCUT2D eigenvalue weighted by molar-refractivity contribution is 0.189. The van der Waals surface area contributed by atoms with Crippen molar-refractivity contribution in [1.82, 2.24) is 10.2 Å². The van der Waals surface area contributed by atoms with Crippen molar-refractivity contribution in [1.29, 1.82) is 0 Å². The molecular weight excluding hydrogens is 240 g/mol.